The minimum absolute atomic E-state index is 0.0209. The molecule has 0 aliphatic carbocycles. The summed E-state index contributed by atoms with van der Waals surface area (Å²) in [5.41, 5.74) is 1.55. The number of halogens is 1. The second-order valence-electron chi connectivity index (χ2n) is 5.58. The van der Waals surface area contributed by atoms with Gasteiger partial charge in [-0.2, -0.15) is 0 Å². The molecule has 1 aromatic rings. The van der Waals surface area contributed by atoms with Gasteiger partial charge in [0, 0.05) is 31.5 Å². The molecular formula is C17H20FNO3S2. The molecule has 0 saturated carbocycles. The van der Waals surface area contributed by atoms with Crippen molar-refractivity contribution >= 4 is 45.7 Å². The van der Waals surface area contributed by atoms with Gasteiger partial charge in [-0.15, -0.1) is 0 Å². The van der Waals surface area contributed by atoms with Gasteiger partial charge in [0.15, 0.2) is 0 Å². The minimum atomic E-state index is -0.326. The van der Waals surface area contributed by atoms with E-state index < -0.39 is 0 Å². The number of rotatable bonds is 6. The van der Waals surface area contributed by atoms with Gasteiger partial charge >= 0.3 is 0 Å². The second-order valence-corrected chi connectivity index (χ2v) is 7.16. The minimum Gasteiger partial charge on any atom is -0.479 e. The number of benzene rings is 1. The number of ketones is 1. The molecule has 0 bridgehead atoms. The van der Waals surface area contributed by atoms with Gasteiger partial charge in [-0.3, -0.25) is 9.59 Å². The Morgan fingerprint density at radius 3 is 2.88 bits per heavy atom. The summed E-state index contributed by atoms with van der Waals surface area (Å²) in [7, 11) is 0. The predicted octanol–water partition coefficient (Wildman–Crippen LogP) is 3.68. The van der Waals surface area contributed by atoms with Crippen LogP contribution in [0.4, 0.5) is 10.1 Å². The molecule has 1 amide bonds. The Balaban J connectivity index is 1.94. The predicted molar refractivity (Wildman–Crippen MR) is 98.1 cm³/mol. The lowest BCUT2D eigenvalue weighted by molar-refractivity contribution is -0.117. The highest BCUT2D eigenvalue weighted by Crippen LogP contribution is 2.39. The quantitative estimate of drug-likeness (QED) is 0.716. The van der Waals surface area contributed by atoms with E-state index in [0.717, 1.165) is 11.3 Å². The van der Waals surface area contributed by atoms with Crippen LogP contribution in [0.3, 0.4) is 0 Å². The molecule has 130 valence electrons. The van der Waals surface area contributed by atoms with E-state index in [-0.39, 0.29) is 29.2 Å². The van der Waals surface area contributed by atoms with E-state index in [2.05, 4.69) is 0 Å². The Labute approximate surface area is 150 Å². The molecule has 0 radical (unpaired) electrons. The van der Waals surface area contributed by atoms with Crippen molar-refractivity contribution in [2.75, 3.05) is 23.8 Å². The van der Waals surface area contributed by atoms with Crippen LogP contribution in [0.25, 0.3) is 0 Å². The van der Waals surface area contributed by atoms with Crippen molar-refractivity contribution in [1.82, 2.24) is 0 Å². The average molecular weight is 369 g/mol. The summed E-state index contributed by atoms with van der Waals surface area (Å²) in [4.78, 5) is 25.4. The molecule has 1 aliphatic heterocycles. The van der Waals surface area contributed by atoms with E-state index in [4.69, 9.17) is 17.0 Å². The third kappa shape index (κ3) is 4.77. The summed E-state index contributed by atoms with van der Waals surface area (Å²) in [6.45, 7) is 4.31. The highest BCUT2D eigenvalue weighted by atomic mass is 32.2. The number of hydrogen-bond acceptors (Lipinski definition) is 5. The molecule has 1 aliphatic rings. The van der Waals surface area contributed by atoms with Gasteiger partial charge in [-0.05, 0) is 49.3 Å². The van der Waals surface area contributed by atoms with Crippen molar-refractivity contribution in [3.8, 4) is 0 Å². The summed E-state index contributed by atoms with van der Waals surface area (Å²) in [5.74, 6) is -0.0751. The zero-order valence-electron chi connectivity index (χ0n) is 13.7. The van der Waals surface area contributed by atoms with Crippen LogP contribution < -0.4 is 4.90 Å². The maximum Gasteiger partial charge on any atom is 0.223 e. The van der Waals surface area contributed by atoms with Gasteiger partial charge < -0.3 is 9.64 Å². The fraction of sp³-hybridized carbons (Fsp3) is 0.471. The number of carbonyl (C=O) groups excluding carboxylic acids is 2. The molecular weight excluding hydrogens is 349 g/mol. The number of nitrogens with zero attached hydrogens (tertiary/aromatic N) is 1. The largest absolute Gasteiger partial charge is 0.479 e. The van der Waals surface area contributed by atoms with Crippen LogP contribution in [0.5, 0.6) is 0 Å². The Bertz CT molecular complexity index is 651. The van der Waals surface area contributed by atoms with Crippen LogP contribution in [0, 0.1) is 5.82 Å². The summed E-state index contributed by atoms with van der Waals surface area (Å²) in [6.07, 6.45) is 0.953. The van der Waals surface area contributed by atoms with E-state index in [1.54, 1.807) is 11.0 Å². The van der Waals surface area contributed by atoms with Crippen LogP contribution >= 0.6 is 24.0 Å². The highest BCUT2D eigenvalue weighted by molar-refractivity contribution is 8.23. The molecule has 0 N–H and O–H groups in total. The van der Waals surface area contributed by atoms with Crippen molar-refractivity contribution in [3.63, 3.8) is 0 Å². The van der Waals surface area contributed by atoms with Gasteiger partial charge in [-0.25, -0.2) is 4.39 Å². The lowest BCUT2D eigenvalue weighted by Gasteiger charge is -2.15. The lowest BCUT2D eigenvalue weighted by Crippen LogP contribution is -2.27. The fourth-order valence-electron chi connectivity index (χ4n) is 2.77. The molecule has 0 saturated heterocycles. The fourth-order valence-corrected chi connectivity index (χ4v) is 3.69. The Morgan fingerprint density at radius 1 is 1.46 bits per heavy atom. The van der Waals surface area contributed by atoms with Gasteiger partial charge in [-0.1, -0.05) is 11.8 Å². The first-order valence-electron chi connectivity index (χ1n) is 7.81. The first-order chi connectivity index (χ1) is 11.4. The molecule has 1 unspecified atom stereocenters. The molecule has 1 heterocycles. The molecule has 1 atom stereocenters. The summed E-state index contributed by atoms with van der Waals surface area (Å²) in [6, 6.07) is 4.45. The van der Waals surface area contributed by atoms with E-state index in [9.17, 15) is 14.0 Å². The molecule has 7 heteroatoms. The lowest BCUT2D eigenvalue weighted by atomic mass is 9.95. The molecule has 0 aromatic heterocycles. The SMILES string of the molecule is CCOC(=S)SCC(=O)CCC1CN(C(C)=O)c2ccc(F)cc21. The van der Waals surface area contributed by atoms with Crippen molar-refractivity contribution in [1.29, 1.82) is 0 Å². The van der Waals surface area contributed by atoms with Gasteiger partial charge in [0.2, 0.25) is 10.3 Å². The topological polar surface area (TPSA) is 46.6 Å². The van der Waals surface area contributed by atoms with E-state index >= 15 is 0 Å². The second kappa shape index (κ2) is 8.58. The highest BCUT2D eigenvalue weighted by Gasteiger charge is 2.31. The van der Waals surface area contributed by atoms with Crippen molar-refractivity contribution in [2.24, 2.45) is 0 Å². The van der Waals surface area contributed by atoms with Crippen molar-refractivity contribution in [2.45, 2.75) is 32.6 Å². The number of ether oxygens (including phenoxy) is 1. The third-order valence-corrected chi connectivity index (χ3v) is 5.18. The first-order valence-corrected chi connectivity index (χ1v) is 9.20. The normalized spacial score (nSPS) is 16.0. The monoisotopic (exact) mass is 369 g/mol. The molecule has 24 heavy (non-hydrogen) atoms. The third-order valence-electron chi connectivity index (χ3n) is 3.89. The van der Waals surface area contributed by atoms with Crippen LogP contribution in [0.2, 0.25) is 0 Å². The number of fused-ring (bicyclic) bond motifs is 1. The Morgan fingerprint density at radius 2 is 2.21 bits per heavy atom. The maximum absolute atomic E-state index is 13.5. The molecule has 2 rings (SSSR count). The summed E-state index contributed by atoms with van der Waals surface area (Å²) >= 11 is 6.20. The van der Waals surface area contributed by atoms with Gasteiger partial charge in [0.25, 0.3) is 0 Å². The number of Topliss-reactive ketones (excluding diaryl/α,β-unsaturated/α-hetero) is 1. The summed E-state index contributed by atoms with van der Waals surface area (Å²) in [5, 5.41) is 0. The van der Waals surface area contributed by atoms with Crippen LogP contribution in [0.1, 0.15) is 38.2 Å². The average Bonchev–Trinajstić information content (AvgIpc) is 2.89. The molecule has 0 fully saturated rings. The van der Waals surface area contributed by atoms with Crippen molar-refractivity contribution < 1.29 is 18.7 Å². The molecule has 1 aromatic carbocycles. The number of amides is 1. The van der Waals surface area contributed by atoms with Gasteiger partial charge in [0.1, 0.15) is 11.6 Å². The van der Waals surface area contributed by atoms with Crippen molar-refractivity contribution in [3.05, 3.63) is 29.6 Å². The van der Waals surface area contributed by atoms with Gasteiger partial charge in [0.05, 0.1) is 12.4 Å². The molecule has 0 spiro atoms. The first kappa shape index (κ1) is 18.9. The Kier molecular flexibility index (Phi) is 6.74. The maximum atomic E-state index is 13.5. The molecule has 4 nitrogen and oxygen atoms in total. The number of thioether (sulfide) groups is 1. The zero-order valence-corrected chi connectivity index (χ0v) is 15.3. The smallest absolute Gasteiger partial charge is 0.223 e. The van der Waals surface area contributed by atoms with Crippen LogP contribution in [0.15, 0.2) is 18.2 Å². The number of hydrogen-bond donors (Lipinski definition) is 0. The van der Waals surface area contributed by atoms with E-state index in [1.165, 1.54) is 30.8 Å². The van der Waals surface area contributed by atoms with E-state index in [1.807, 2.05) is 6.92 Å². The number of thiocarbonyl (C=S) groups is 1. The number of carbonyl (C=O) groups is 2. The standard InChI is InChI=1S/C17H20FNO3S2/c1-3-22-17(23)24-10-14(21)6-4-12-9-19(11(2)20)16-7-5-13(18)8-15(12)16/h5,7-8,12H,3-4,6,9-10H2,1-2H3. The van der Waals surface area contributed by atoms with Crippen LogP contribution in [-0.2, 0) is 14.3 Å². The van der Waals surface area contributed by atoms with E-state index in [0.29, 0.717) is 30.4 Å². The Hall–Kier alpha value is -1.47. The summed E-state index contributed by atoms with van der Waals surface area (Å²) < 4.78 is 19.0. The zero-order chi connectivity index (χ0) is 17.7. The van der Waals surface area contributed by atoms with Crippen LogP contribution in [-0.4, -0.2) is 35.0 Å². The number of anilines is 1.